The Bertz CT molecular complexity index is 1160. The van der Waals surface area contributed by atoms with Crippen LogP contribution in [-0.2, 0) is 4.79 Å². The maximum Gasteiger partial charge on any atom is 0.229 e. The Morgan fingerprint density at radius 1 is 0.929 bits per heavy atom. The number of nitrogens with zero attached hydrogens (tertiary/aromatic N) is 1. The molecule has 0 unspecified atom stereocenters. The van der Waals surface area contributed by atoms with E-state index in [2.05, 4.69) is 17.4 Å². The number of carbonyl (C=O) groups excluding carboxylic acids is 1. The molecule has 3 aromatic carbocycles. The van der Waals surface area contributed by atoms with Crippen molar-refractivity contribution in [2.45, 2.75) is 32.1 Å². The van der Waals surface area contributed by atoms with E-state index in [9.17, 15) is 4.79 Å². The van der Waals surface area contributed by atoms with E-state index in [1.807, 2.05) is 48.5 Å². The van der Waals surface area contributed by atoms with Gasteiger partial charge in [0.25, 0.3) is 0 Å². The minimum Gasteiger partial charge on any atom is -0.436 e. The van der Waals surface area contributed by atoms with Gasteiger partial charge in [0, 0.05) is 11.3 Å². The summed E-state index contributed by atoms with van der Waals surface area (Å²) in [4.78, 5) is 17.5. The second kappa shape index (κ2) is 7.12. The summed E-state index contributed by atoms with van der Waals surface area (Å²) < 4.78 is 6.07. The highest BCUT2D eigenvalue weighted by Crippen LogP contribution is 2.34. The van der Waals surface area contributed by atoms with E-state index >= 15 is 0 Å². The summed E-state index contributed by atoms with van der Waals surface area (Å²) in [6, 6.07) is 19.9. The first kappa shape index (κ1) is 17.0. The van der Waals surface area contributed by atoms with E-state index in [-0.39, 0.29) is 11.8 Å². The van der Waals surface area contributed by atoms with Crippen LogP contribution in [0.15, 0.2) is 65.1 Å². The Hall–Kier alpha value is -3.14. The van der Waals surface area contributed by atoms with Gasteiger partial charge >= 0.3 is 0 Å². The molecule has 4 nitrogen and oxygen atoms in total. The molecule has 0 radical (unpaired) electrons. The van der Waals surface area contributed by atoms with Gasteiger partial charge in [-0.25, -0.2) is 4.98 Å². The van der Waals surface area contributed by atoms with E-state index < -0.39 is 0 Å². The smallest absolute Gasteiger partial charge is 0.229 e. The number of nitrogens with one attached hydrogen (secondary N) is 1. The molecule has 0 saturated heterocycles. The number of hydrogen-bond acceptors (Lipinski definition) is 3. The van der Waals surface area contributed by atoms with Crippen LogP contribution in [-0.4, -0.2) is 10.9 Å². The van der Waals surface area contributed by atoms with Crippen molar-refractivity contribution in [1.82, 2.24) is 4.98 Å². The first-order chi connectivity index (χ1) is 13.8. The van der Waals surface area contributed by atoms with Gasteiger partial charge in [0.2, 0.25) is 11.8 Å². The van der Waals surface area contributed by atoms with Crippen molar-refractivity contribution < 1.29 is 9.21 Å². The zero-order valence-corrected chi connectivity index (χ0v) is 15.7. The highest BCUT2D eigenvalue weighted by atomic mass is 16.3. The second-order valence-electron chi connectivity index (χ2n) is 7.52. The fraction of sp³-hybridized carbons (Fsp3) is 0.250. The first-order valence-electron chi connectivity index (χ1n) is 9.98. The number of carbonyl (C=O) groups is 1. The molecule has 5 rings (SSSR count). The molecule has 1 saturated carbocycles. The first-order valence-corrected chi connectivity index (χ1v) is 9.98. The molecule has 1 fully saturated rings. The summed E-state index contributed by atoms with van der Waals surface area (Å²) in [7, 11) is 0. The number of fused-ring (bicyclic) bond motifs is 3. The van der Waals surface area contributed by atoms with Crippen LogP contribution in [0.5, 0.6) is 0 Å². The van der Waals surface area contributed by atoms with Gasteiger partial charge in [0.05, 0.1) is 11.3 Å². The molecule has 1 N–H and O–H groups in total. The maximum atomic E-state index is 12.7. The number of hydrogen-bond donors (Lipinski definition) is 1. The molecular weight excluding hydrogens is 348 g/mol. The van der Waals surface area contributed by atoms with Crippen LogP contribution >= 0.6 is 0 Å². The third kappa shape index (κ3) is 3.05. The number of aromatic nitrogens is 1. The summed E-state index contributed by atoms with van der Waals surface area (Å²) in [5, 5.41) is 5.32. The van der Waals surface area contributed by atoms with Crippen LogP contribution in [0.2, 0.25) is 0 Å². The molecule has 4 aromatic rings. The van der Waals surface area contributed by atoms with Crippen molar-refractivity contribution in [1.29, 1.82) is 0 Å². The minimum atomic E-state index is 0.105. The lowest BCUT2D eigenvalue weighted by molar-refractivity contribution is -0.120. The fourth-order valence-electron chi connectivity index (χ4n) is 4.15. The van der Waals surface area contributed by atoms with Gasteiger partial charge in [-0.1, -0.05) is 61.7 Å². The molecule has 28 heavy (non-hydrogen) atoms. The lowest BCUT2D eigenvalue weighted by Gasteiger charge is -2.21. The number of benzene rings is 3. The summed E-state index contributed by atoms with van der Waals surface area (Å²) in [5.74, 6) is 0.744. The molecule has 1 aliphatic carbocycles. The molecule has 4 heteroatoms. The Labute approximate surface area is 163 Å². The molecule has 0 bridgehead atoms. The molecule has 0 spiro atoms. The molecule has 1 amide bonds. The van der Waals surface area contributed by atoms with Gasteiger partial charge in [0.1, 0.15) is 5.52 Å². The van der Waals surface area contributed by atoms with Crippen LogP contribution in [0.4, 0.5) is 5.69 Å². The predicted octanol–water partition coefficient (Wildman–Crippen LogP) is 6.17. The average Bonchev–Trinajstić information content (AvgIpc) is 3.19. The lowest BCUT2D eigenvalue weighted by Crippen LogP contribution is -2.24. The third-order valence-corrected chi connectivity index (χ3v) is 5.67. The number of rotatable bonds is 3. The van der Waals surface area contributed by atoms with E-state index in [1.165, 1.54) is 6.42 Å². The number of para-hydroxylation sites is 1. The van der Waals surface area contributed by atoms with Crippen LogP contribution in [0.25, 0.3) is 33.3 Å². The Morgan fingerprint density at radius 2 is 1.71 bits per heavy atom. The summed E-state index contributed by atoms with van der Waals surface area (Å²) >= 11 is 0. The second-order valence-corrected chi connectivity index (χ2v) is 7.52. The van der Waals surface area contributed by atoms with Crippen molar-refractivity contribution in [3.63, 3.8) is 0 Å². The van der Waals surface area contributed by atoms with E-state index in [0.29, 0.717) is 5.89 Å². The normalized spacial score (nSPS) is 15.1. The fourth-order valence-corrected chi connectivity index (χ4v) is 4.15. The largest absolute Gasteiger partial charge is 0.436 e. The molecule has 140 valence electrons. The van der Waals surface area contributed by atoms with Crippen molar-refractivity contribution in [2.75, 3.05) is 5.32 Å². The Kier molecular flexibility index (Phi) is 4.32. The van der Waals surface area contributed by atoms with Crippen molar-refractivity contribution in [2.24, 2.45) is 5.92 Å². The van der Waals surface area contributed by atoms with Crippen LogP contribution in [0.3, 0.4) is 0 Å². The van der Waals surface area contributed by atoms with Gasteiger partial charge in [-0.15, -0.1) is 0 Å². The van der Waals surface area contributed by atoms with Gasteiger partial charge < -0.3 is 9.73 Å². The van der Waals surface area contributed by atoms with E-state index in [1.54, 1.807) is 0 Å². The van der Waals surface area contributed by atoms with Crippen LogP contribution < -0.4 is 5.32 Å². The third-order valence-electron chi connectivity index (χ3n) is 5.67. The highest BCUT2D eigenvalue weighted by molar-refractivity contribution is 6.04. The maximum absolute atomic E-state index is 12.7. The molecule has 1 heterocycles. The standard InChI is InChI=1S/C24H22N2O2/c27-23(17-9-2-1-3-10-17)25-20-13-7-6-12-19(20)24-26-22-18-11-5-4-8-16(18)14-15-21(22)28-24/h4-8,11-15,17H,1-3,9-10H2,(H,25,27). The average molecular weight is 370 g/mol. The zero-order valence-electron chi connectivity index (χ0n) is 15.7. The lowest BCUT2D eigenvalue weighted by atomic mass is 9.88. The van der Waals surface area contributed by atoms with Gasteiger partial charge in [-0.2, -0.15) is 0 Å². The van der Waals surface area contributed by atoms with Crippen molar-refractivity contribution >= 4 is 33.5 Å². The SMILES string of the molecule is O=C(Nc1ccccc1-c1nc2c(ccc3ccccc32)o1)C1CCCCC1. The molecule has 1 aliphatic rings. The molecular formula is C24H22N2O2. The summed E-state index contributed by atoms with van der Waals surface area (Å²) in [6.45, 7) is 0. The number of oxazole rings is 1. The Balaban J connectivity index is 1.53. The van der Waals surface area contributed by atoms with Crippen LogP contribution in [0.1, 0.15) is 32.1 Å². The summed E-state index contributed by atoms with van der Waals surface area (Å²) in [5.41, 5.74) is 3.17. The highest BCUT2D eigenvalue weighted by Gasteiger charge is 2.22. The summed E-state index contributed by atoms with van der Waals surface area (Å²) in [6.07, 6.45) is 5.46. The molecule has 0 atom stereocenters. The van der Waals surface area contributed by atoms with Gasteiger partial charge in [-0.05, 0) is 36.4 Å². The van der Waals surface area contributed by atoms with Gasteiger partial charge in [0.15, 0.2) is 5.58 Å². The number of amides is 1. The predicted molar refractivity (Wildman–Crippen MR) is 112 cm³/mol. The van der Waals surface area contributed by atoms with E-state index in [0.717, 1.165) is 58.8 Å². The Morgan fingerprint density at radius 3 is 2.61 bits per heavy atom. The van der Waals surface area contributed by atoms with Crippen molar-refractivity contribution in [3.8, 4) is 11.5 Å². The zero-order chi connectivity index (χ0) is 18.9. The topological polar surface area (TPSA) is 55.1 Å². The van der Waals surface area contributed by atoms with E-state index in [4.69, 9.17) is 9.40 Å². The molecule has 1 aromatic heterocycles. The van der Waals surface area contributed by atoms with Gasteiger partial charge in [-0.3, -0.25) is 4.79 Å². The van der Waals surface area contributed by atoms with Crippen molar-refractivity contribution in [3.05, 3.63) is 60.7 Å². The quantitative estimate of drug-likeness (QED) is 0.469. The number of anilines is 1. The monoisotopic (exact) mass is 370 g/mol. The van der Waals surface area contributed by atoms with Crippen LogP contribution in [0, 0.1) is 5.92 Å². The molecule has 0 aliphatic heterocycles. The minimum absolute atomic E-state index is 0.105.